The van der Waals surface area contributed by atoms with Gasteiger partial charge in [0.2, 0.25) is 5.91 Å². The zero-order chi connectivity index (χ0) is 13.1. The van der Waals surface area contributed by atoms with Gasteiger partial charge in [-0.15, -0.1) is 0 Å². The van der Waals surface area contributed by atoms with E-state index in [1.807, 2.05) is 37.1 Å². The Morgan fingerprint density at radius 3 is 2.83 bits per heavy atom. The summed E-state index contributed by atoms with van der Waals surface area (Å²) in [5.41, 5.74) is 2.62. The van der Waals surface area contributed by atoms with Crippen molar-refractivity contribution in [1.29, 1.82) is 5.26 Å². The number of rotatable bonds is 1. The standard InChI is InChI=1S/C14H17N3O/c1-11-4-5-12(9-15)13(8-11)17-7-3-6-16(2)14(18)10-17/h4-5,8H,3,6-7,10H2,1-2H3. The molecule has 4 heteroatoms. The third-order valence-corrected chi connectivity index (χ3v) is 3.29. The maximum Gasteiger partial charge on any atom is 0.241 e. The number of amides is 1. The molecule has 0 aliphatic carbocycles. The van der Waals surface area contributed by atoms with Gasteiger partial charge in [-0.1, -0.05) is 6.07 Å². The number of benzene rings is 1. The molecule has 1 fully saturated rings. The Hall–Kier alpha value is -2.02. The van der Waals surface area contributed by atoms with Gasteiger partial charge in [0.25, 0.3) is 0 Å². The van der Waals surface area contributed by atoms with E-state index in [1.165, 1.54) is 0 Å². The Balaban J connectivity index is 2.33. The highest BCUT2D eigenvalue weighted by atomic mass is 16.2. The van der Waals surface area contributed by atoms with Crippen LogP contribution in [0.2, 0.25) is 0 Å². The number of likely N-dealkylation sites (N-methyl/N-ethyl adjacent to an activating group) is 1. The van der Waals surface area contributed by atoms with Gasteiger partial charge >= 0.3 is 0 Å². The van der Waals surface area contributed by atoms with Crippen molar-refractivity contribution in [1.82, 2.24) is 4.90 Å². The highest BCUT2D eigenvalue weighted by Gasteiger charge is 2.20. The molecule has 0 atom stereocenters. The first-order valence-electron chi connectivity index (χ1n) is 6.11. The summed E-state index contributed by atoms with van der Waals surface area (Å²) in [4.78, 5) is 15.6. The molecule has 0 N–H and O–H groups in total. The summed E-state index contributed by atoms with van der Waals surface area (Å²) in [6.45, 7) is 3.95. The second-order valence-corrected chi connectivity index (χ2v) is 4.72. The van der Waals surface area contributed by atoms with Crippen LogP contribution in [0, 0.1) is 18.3 Å². The molecule has 1 aromatic carbocycles. The summed E-state index contributed by atoms with van der Waals surface area (Å²) in [6.07, 6.45) is 0.932. The highest BCUT2D eigenvalue weighted by molar-refractivity contribution is 5.82. The fourth-order valence-electron chi connectivity index (χ4n) is 2.19. The van der Waals surface area contributed by atoms with Crippen LogP contribution in [0.15, 0.2) is 18.2 Å². The third-order valence-electron chi connectivity index (χ3n) is 3.29. The van der Waals surface area contributed by atoms with E-state index in [4.69, 9.17) is 5.26 Å². The Kier molecular flexibility index (Phi) is 3.52. The van der Waals surface area contributed by atoms with E-state index in [-0.39, 0.29) is 5.91 Å². The summed E-state index contributed by atoms with van der Waals surface area (Å²) in [7, 11) is 1.83. The van der Waals surface area contributed by atoms with E-state index >= 15 is 0 Å². The number of hydrogen-bond donors (Lipinski definition) is 0. The Labute approximate surface area is 107 Å². The molecule has 0 spiro atoms. The van der Waals surface area contributed by atoms with Crippen LogP contribution in [0.4, 0.5) is 5.69 Å². The van der Waals surface area contributed by atoms with E-state index in [9.17, 15) is 4.79 Å². The minimum Gasteiger partial charge on any atom is -0.361 e. The maximum atomic E-state index is 11.9. The van der Waals surface area contributed by atoms with Crippen molar-refractivity contribution in [2.45, 2.75) is 13.3 Å². The average molecular weight is 243 g/mol. The van der Waals surface area contributed by atoms with Crippen molar-refractivity contribution in [3.05, 3.63) is 29.3 Å². The van der Waals surface area contributed by atoms with Crippen LogP contribution >= 0.6 is 0 Å². The summed E-state index contributed by atoms with van der Waals surface area (Å²) in [5, 5.41) is 9.16. The molecule has 0 unspecified atom stereocenters. The van der Waals surface area contributed by atoms with Crippen LogP contribution in [0.1, 0.15) is 17.5 Å². The second kappa shape index (κ2) is 5.09. The van der Waals surface area contributed by atoms with Crippen LogP contribution < -0.4 is 4.90 Å². The number of carbonyl (C=O) groups is 1. The van der Waals surface area contributed by atoms with Gasteiger partial charge in [-0.25, -0.2) is 0 Å². The van der Waals surface area contributed by atoms with Crippen LogP contribution in [-0.2, 0) is 4.79 Å². The van der Waals surface area contributed by atoms with Gasteiger partial charge in [-0.3, -0.25) is 4.79 Å². The topological polar surface area (TPSA) is 47.3 Å². The predicted octanol–water partition coefficient (Wildman–Crippen LogP) is 1.54. The Bertz CT molecular complexity index is 504. The SMILES string of the molecule is Cc1ccc(C#N)c(N2CCCN(C)C(=O)C2)c1. The minimum absolute atomic E-state index is 0.109. The van der Waals surface area contributed by atoms with Crippen LogP contribution in [0.25, 0.3) is 0 Å². The van der Waals surface area contributed by atoms with Crippen molar-refractivity contribution in [3.63, 3.8) is 0 Å². The number of aryl methyl sites for hydroxylation is 1. The molecule has 2 rings (SSSR count). The number of hydrogen-bond acceptors (Lipinski definition) is 3. The lowest BCUT2D eigenvalue weighted by molar-refractivity contribution is -0.127. The van der Waals surface area contributed by atoms with Crippen molar-refractivity contribution in [2.75, 3.05) is 31.6 Å². The maximum absolute atomic E-state index is 11.9. The van der Waals surface area contributed by atoms with Gasteiger partial charge in [-0.05, 0) is 31.0 Å². The quantitative estimate of drug-likeness (QED) is 0.751. The van der Waals surface area contributed by atoms with Gasteiger partial charge in [-0.2, -0.15) is 5.26 Å². The molecule has 1 amide bonds. The minimum atomic E-state index is 0.109. The Morgan fingerprint density at radius 2 is 2.11 bits per heavy atom. The normalized spacial score (nSPS) is 16.4. The van der Waals surface area contributed by atoms with E-state index in [2.05, 4.69) is 6.07 Å². The van der Waals surface area contributed by atoms with E-state index in [0.717, 1.165) is 30.8 Å². The molecule has 0 bridgehead atoms. The largest absolute Gasteiger partial charge is 0.361 e. The molecule has 1 heterocycles. The molecule has 94 valence electrons. The number of nitrogens with zero attached hydrogens (tertiary/aromatic N) is 3. The lowest BCUT2D eigenvalue weighted by Gasteiger charge is -2.23. The first-order valence-corrected chi connectivity index (χ1v) is 6.11. The molecule has 0 radical (unpaired) electrons. The first-order chi connectivity index (χ1) is 8.61. The smallest absolute Gasteiger partial charge is 0.241 e. The molecule has 18 heavy (non-hydrogen) atoms. The van der Waals surface area contributed by atoms with Crippen LogP contribution in [-0.4, -0.2) is 37.5 Å². The zero-order valence-electron chi connectivity index (χ0n) is 10.8. The lowest BCUT2D eigenvalue weighted by Crippen LogP contribution is -2.34. The fourth-order valence-corrected chi connectivity index (χ4v) is 2.19. The summed E-state index contributed by atoms with van der Waals surface area (Å²) >= 11 is 0. The summed E-state index contributed by atoms with van der Waals surface area (Å²) in [5.74, 6) is 0.109. The number of anilines is 1. The molecule has 1 saturated heterocycles. The van der Waals surface area contributed by atoms with Crippen LogP contribution in [0.3, 0.4) is 0 Å². The van der Waals surface area contributed by atoms with Gasteiger partial charge in [0, 0.05) is 20.1 Å². The first kappa shape index (κ1) is 12.4. The van der Waals surface area contributed by atoms with Gasteiger partial charge < -0.3 is 9.80 Å². The molecule has 0 saturated carbocycles. The number of nitriles is 1. The zero-order valence-corrected chi connectivity index (χ0v) is 10.8. The molecule has 4 nitrogen and oxygen atoms in total. The molecule has 0 aromatic heterocycles. The highest BCUT2D eigenvalue weighted by Crippen LogP contribution is 2.23. The average Bonchev–Trinajstić information content (AvgIpc) is 2.52. The summed E-state index contributed by atoms with van der Waals surface area (Å²) in [6, 6.07) is 7.93. The molecule has 1 aromatic rings. The monoisotopic (exact) mass is 243 g/mol. The van der Waals surface area contributed by atoms with E-state index in [0.29, 0.717) is 12.1 Å². The predicted molar refractivity (Wildman–Crippen MR) is 70.4 cm³/mol. The third kappa shape index (κ3) is 2.45. The van der Waals surface area contributed by atoms with Crippen molar-refractivity contribution < 1.29 is 4.79 Å². The Morgan fingerprint density at radius 1 is 1.33 bits per heavy atom. The molecular weight excluding hydrogens is 226 g/mol. The van der Waals surface area contributed by atoms with Crippen molar-refractivity contribution in [3.8, 4) is 6.07 Å². The molecular formula is C14H17N3O. The van der Waals surface area contributed by atoms with Gasteiger partial charge in [0.1, 0.15) is 6.07 Å². The van der Waals surface area contributed by atoms with E-state index in [1.54, 1.807) is 4.90 Å². The fraction of sp³-hybridized carbons (Fsp3) is 0.429. The summed E-state index contributed by atoms with van der Waals surface area (Å²) < 4.78 is 0. The lowest BCUT2D eigenvalue weighted by atomic mass is 10.1. The van der Waals surface area contributed by atoms with Crippen molar-refractivity contribution in [2.24, 2.45) is 0 Å². The van der Waals surface area contributed by atoms with Gasteiger partial charge in [0.05, 0.1) is 17.8 Å². The molecule has 1 aliphatic heterocycles. The van der Waals surface area contributed by atoms with Crippen LogP contribution in [0.5, 0.6) is 0 Å². The van der Waals surface area contributed by atoms with E-state index < -0.39 is 0 Å². The molecule has 1 aliphatic rings. The van der Waals surface area contributed by atoms with Gasteiger partial charge in [0.15, 0.2) is 0 Å². The second-order valence-electron chi connectivity index (χ2n) is 4.72. The van der Waals surface area contributed by atoms with Crippen molar-refractivity contribution >= 4 is 11.6 Å². The number of carbonyl (C=O) groups excluding carboxylic acids is 1.